The second-order valence-electron chi connectivity index (χ2n) is 10.5. The van der Waals surface area contributed by atoms with E-state index in [4.69, 9.17) is 4.98 Å². The van der Waals surface area contributed by atoms with Crippen LogP contribution in [-0.4, -0.2) is 14.1 Å². The van der Waals surface area contributed by atoms with Gasteiger partial charge >= 0.3 is 0 Å². The number of rotatable bonds is 4. The first-order valence-electron chi connectivity index (χ1n) is 14.6. The molecule has 0 atom stereocenters. The third-order valence-electron chi connectivity index (χ3n) is 7.95. The van der Waals surface area contributed by atoms with Gasteiger partial charge in [-0.05, 0) is 77.4 Å². The van der Waals surface area contributed by atoms with Crippen LogP contribution in [0.15, 0.2) is 165 Å². The summed E-state index contributed by atoms with van der Waals surface area (Å²) >= 11 is 0. The van der Waals surface area contributed by atoms with Gasteiger partial charge in [0.25, 0.3) is 0 Å². The van der Waals surface area contributed by atoms with Crippen LogP contribution in [0.4, 0.5) is 0 Å². The molecule has 0 fully saturated rings. The van der Waals surface area contributed by atoms with Gasteiger partial charge in [-0.2, -0.15) is 0 Å². The zero-order valence-corrected chi connectivity index (χ0v) is 24.1. The molecule has 0 unspecified atom stereocenters. The Morgan fingerprint density at radius 3 is 2.09 bits per heavy atom. The Morgan fingerprint density at radius 2 is 1.33 bits per heavy atom. The van der Waals surface area contributed by atoms with Crippen molar-refractivity contribution >= 4 is 43.5 Å². The van der Waals surface area contributed by atoms with Crippen molar-refractivity contribution < 1.29 is 0 Å². The first-order chi connectivity index (χ1) is 21.3. The summed E-state index contributed by atoms with van der Waals surface area (Å²) in [6, 6.07) is 45.3. The van der Waals surface area contributed by atoms with E-state index in [1.54, 1.807) is 6.08 Å². The first kappa shape index (κ1) is 26.2. The van der Waals surface area contributed by atoms with Crippen molar-refractivity contribution in [1.29, 1.82) is 0 Å². The van der Waals surface area contributed by atoms with Gasteiger partial charge in [-0.25, -0.2) is 4.98 Å². The van der Waals surface area contributed by atoms with E-state index in [2.05, 4.69) is 149 Å². The molecule has 0 saturated carbocycles. The van der Waals surface area contributed by atoms with Crippen LogP contribution in [0.25, 0.3) is 66.1 Å². The van der Waals surface area contributed by atoms with Gasteiger partial charge < -0.3 is 4.57 Å². The highest BCUT2D eigenvalue weighted by atomic mass is 15.1. The second kappa shape index (κ2) is 11.3. The zero-order valence-electron chi connectivity index (χ0n) is 24.1. The van der Waals surface area contributed by atoms with Crippen LogP contribution in [0.2, 0.25) is 0 Å². The number of nitrogens with zero attached hydrogens (tertiary/aromatic N) is 3. The Kier molecular flexibility index (Phi) is 6.90. The lowest BCUT2D eigenvalue weighted by Crippen LogP contribution is -1.97. The fourth-order valence-electron chi connectivity index (χ4n) is 6.05. The van der Waals surface area contributed by atoms with Crippen molar-refractivity contribution in [2.75, 3.05) is 0 Å². The molecular weight excluding hydrogens is 522 g/mol. The smallest absolute Gasteiger partial charge is 0.138 e. The largest absolute Gasteiger partial charge is 0.317 e. The van der Waals surface area contributed by atoms with Gasteiger partial charge in [0.15, 0.2) is 0 Å². The molecular formula is C40H31N3. The minimum absolute atomic E-state index is 0.924. The van der Waals surface area contributed by atoms with Gasteiger partial charge in [-0.1, -0.05) is 104 Å². The van der Waals surface area contributed by atoms with E-state index in [1.807, 2.05) is 25.3 Å². The van der Waals surface area contributed by atoms with Crippen LogP contribution < -0.4 is 0 Å². The second-order valence-corrected chi connectivity index (χ2v) is 10.5. The summed E-state index contributed by atoms with van der Waals surface area (Å²) in [5, 5.41) is 6.28. The van der Waals surface area contributed by atoms with Crippen molar-refractivity contribution in [2.45, 2.75) is 6.92 Å². The van der Waals surface area contributed by atoms with E-state index in [9.17, 15) is 0 Å². The molecule has 0 aliphatic heterocycles. The summed E-state index contributed by atoms with van der Waals surface area (Å²) in [6.45, 7) is 5.42. The summed E-state index contributed by atoms with van der Waals surface area (Å²) < 4.78 is 4.57. The molecule has 0 amide bonds. The average Bonchev–Trinajstić information content (AvgIpc) is 3.66. The predicted molar refractivity (Wildman–Crippen MR) is 183 cm³/mol. The number of hydrogen-bond donors (Lipinski definition) is 0. The standard InChI is InChI=1S/C35H23N3.C5H8/c1-3-9-24(10-4-1)25-19-21-36-34(23-25)38-32-14-8-7-13-30(32)35-29-16-17-31-28(27(29)15-18-33(35)38)20-22-37(31)26-11-5-2-6-12-26;1-3-5-4-2/h1-23H;3-5H,1H2,2H3/b;5-4-. The van der Waals surface area contributed by atoms with Gasteiger partial charge in [0.05, 0.1) is 16.6 Å². The molecule has 3 aromatic heterocycles. The van der Waals surface area contributed by atoms with Crippen molar-refractivity contribution in [3.05, 3.63) is 165 Å². The molecule has 0 saturated heterocycles. The predicted octanol–water partition coefficient (Wildman–Crippen LogP) is 10.7. The van der Waals surface area contributed by atoms with Crippen LogP contribution in [0.1, 0.15) is 6.92 Å². The summed E-state index contributed by atoms with van der Waals surface area (Å²) in [7, 11) is 0. The Hall–Kier alpha value is -5.67. The average molecular weight is 554 g/mol. The van der Waals surface area contributed by atoms with E-state index in [0.717, 1.165) is 16.9 Å². The third-order valence-corrected chi connectivity index (χ3v) is 7.95. The van der Waals surface area contributed by atoms with Gasteiger partial charge in [0.1, 0.15) is 5.82 Å². The van der Waals surface area contributed by atoms with Crippen LogP contribution >= 0.6 is 0 Å². The third kappa shape index (κ3) is 4.61. The fraction of sp³-hybridized carbons (Fsp3) is 0.0250. The van der Waals surface area contributed by atoms with Crippen LogP contribution in [-0.2, 0) is 0 Å². The topological polar surface area (TPSA) is 22.8 Å². The molecule has 43 heavy (non-hydrogen) atoms. The molecule has 0 aliphatic carbocycles. The number of allylic oxidation sites excluding steroid dienone is 3. The molecule has 0 bridgehead atoms. The van der Waals surface area contributed by atoms with Gasteiger partial charge in [0, 0.05) is 34.2 Å². The Morgan fingerprint density at radius 1 is 0.605 bits per heavy atom. The van der Waals surface area contributed by atoms with E-state index >= 15 is 0 Å². The number of fused-ring (bicyclic) bond motifs is 7. The zero-order chi connectivity index (χ0) is 29.2. The van der Waals surface area contributed by atoms with Gasteiger partial charge in [-0.3, -0.25) is 4.57 Å². The molecule has 3 heteroatoms. The molecule has 0 aliphatic rings. The summed E-state index contributed by atoms with van der Waals surface area (Å²) in [4.78, 5) is 4.83. The van der Waals surface area contributed by atoms with Crippen LogP contribution in [0, 0.1) is 0 Å². The maximum absolute atomic E-state index is 4.83. The number of pyridine rings is 1. The Labute approximate surface area is 251 Å². The van der Waals surface area contributed by atoms with Crippen molar-refractivity contribution in [3.8, 4) is 22.6 Å². The van der Waals surface area contributed by atoms with Crippen molar-refractivity contribution in [3.63, 3.8) is 0 Å². The molecule has 0 radical (unpaired) electrons. The molecule has 3 nitrogen and oxygen atoms in total. The molecule has 0 N–H and O–H groups in total. The minimum Gasteiger partial charge on any atom is -0.317 e. The van der Waals surface area contributed by atoms with Crippen LogP contribution in [0.3, 0.4) is 0 Å². The molecule has 3 heterocycles. The highest BCUT2D eigenvalue weighted by molar-refractivity contribution is 6.25. The normalized spacial score (nSPS) is 11.4. The quantitative estimate of drug-likeness (QED) is 0.199. The Bertz CT molecular complexity index is 2250. The van der Waals surface area contributed by atoms with Crippen molar-refractivity contribution in [2.24, 2.45) is 0 Å². The summed E-state index contributed by atoms with van der Waals surface area (Å²) in [5.41, 5.74) is 7.06. The number of aromatic nitrogens is 3. The summed E-state index contributed by atoms with van der Waals surface area (Å²) in [6.07, 6.45) is 9.66. The Balaban J connectivity index is 0.000000558. The molecule has 0 spiro atoms. The lowest BCUT2D eigenvalue weighted by Gasteiger charge is -2.10. The van der Waals surface area contributed by atoms with E-state index in [0.29, 0.717) is 0 Å². The monoisotopic (exact) mass is 553 g/mol. The number of para-hydroxylation sites is 2. The summed E-state index contributed by atoms with van der Waals surface area (Å²) in [5.74, 6) is 0.924. The molecule has 8 rings (SSSR count). The fourth-order valence-corrected chi connectivity index (χ4v) is 6.05. The number of hydrogen-bond acceptors (Lipinski definition) is 1. The van der Waals surface area contributed by atoms with E-state index < -0.39 is 0 Å². The van der Waals surface area contributed by atoms with E-state index in [1.165, 1.54) is 49.2 Å². The minimum atomic E-state index is 0.924. The van der Waals surface area contributed by atoms with Gasteiger partial charge in [0.2, 0.25) is 0 Å². The van der Waals surface area contributed by atoms with Gasteiger partial charge in [-0.15, -0.1) is 0 Å². The molecule has 5 aromatic carbocycles. The van der Waals surface area contributed by atoms with Crippen LogP contribution in [0.5, 0.6) is 0 Å². The highest BCUT2D eigenvalue weighted by Crippen LogP contribution is 2.39. The maximum Gasteiger partial charge on any atom is 0.138 e. The maximum atomic E-state index is 4.83. The lowest BCUT2D eigenvalue weighted by atomic mass is 10.0. The van der Waals surface area contributed by atoms with E-state index in [-0.39, 0.29) is 0 Å². The first-order valence-corrected chi connectivity index (χ1v) is 14.6. The molecule has 206 valence electrons. The highest BCUT2D eigenvalue weighted by Gasteiger charge is 2.17. The number of benzene rings is 5. The van der Waals surface area contributed by atoms with Crippen molar-refractivity contribution in [1.82, 2.24) is 14.1 Å². The molecule has 8 aromatic rings. The SMILES string of the molecule is C=C/C=C\C.c1ccc(-c2ccnc(-n3c4ccccc4c4c5ccc6c(ccn6-c6ccccc6)c5ccc43)c2)cc1. The lowest BCUT2D eigenvalue weighted by molar-refractivity contribution is 1.08.